The zero-order valence-electron chi connectivity index (χ0n) is 14.7. The van der Waals surface area contributed by atoms with Gasteiger partial charge in [-0.15, -0.1) is 0 Å². The second-order valence-corrected chi connectivity index (χ2v) is 6.80. The average molecular weight is 313 g/mol. The van der Waals surface area contributed by atoms with Crippen LogP contribution in [-0.2, 0) is 20.1 Å². The molecule has 0 amide bonds. The van der Waals surface area contributed by atoms with E-state index in [1.807, 2.05) is 13.1 Å². The Morgan fingerprint density at radius 3 is 2.87 bits per heavy atom. The second-order valence-electron chi connectivity index (χ2n) is 6.80. The lowest BCUT2D eigenvalue weighted by atomic mass is 10.1. The van der Waals surface area contributed by atoms with Gasteiger partial charge in [-0.05, 0) is 52.5 Å². The van der Waals surface area contributed by atoms with Crippen LogP contribution in [0.2, 0.25) is 0 Å². The van der Waals surface area contributed by atoms with Gasteiger partial charge in [0.15, 0.2) is 0 Å². The van der Waals surface area contributed by atoms with E-state index in [9.17, 15) is 0 Å². The first-order valence-electron chi connectivity index (χ1n) is 8.36. The summed E-state index contributed by atoms with van der Waals surface area (Å²) in [5.41, 5.74) is 3.83. The van der Waals surface area contributed by atoms with Crippen molar-refractivity contribution in [2.24, 2.45) is 7.05 Å². The van der Waals surface area contributed by atoms with Crippen LogP contribution >= 0.6 is 0 Å². The molecule has 0 spiro atoms. The molecule has 1 aliphatic rings. The predicted octanol–water partition coefficient (Wildman–Crippen LogP) is 2.52. The number of aryl methyl sites for hydroxylation is 2. The monoisotopic (exact) mass is 313 g/mol. The Balaban J connectivity index is 1.87. The van der Waals surface area contributed by atoms with Crippen LogP contribution in [0, 0.1) is 6.92 Å². The summed E-state index contributed by atoms with van der Waals surface area (Å²) in [6, 6.07) is 4.73. The molecule has 1 unspecified atom stereocenters. The van der Waals surface area contributed by atoms with Gasteiger partial charge in [-0.1, -0.05) is 0 Å². The molecule has 1 atom stereocenters. The standard InChI is InChI=1S/C18H27N5/c1-14-19-11-15(12-21(2)3)18(20-14)17-8-6-10-23(17)13-16-7-5-9-22(16)4/h5,7,9,11,17H,6,8,10,12-13H2,1-4H3. The normalized spacial score (nSPS) is 18.9. The van der Waals surface area contributed by atoms with Gasteiger partial charge in [0, 0.05) is 43.8 Å². The molecule has 23 heavy (non-hydrogen) atoms. The maximum absolute atomic E-state index is 4.82. The van der Waals surface area contributed by atoms with Crippen molar-refractivity contribution >= 4 is 0 Å². The largest absolute Gasteiger partial charge is 0.353 e. The summed E-state index contributed by atoms with van der Waals surface area (Å²) >= 11 is 0. The third kappa shape index (κ3) is 3.62. The minimum absolute atomic E-state index is 0.404. The molecule has 1 fully saturated rings. The number of hydrogen-bond acceptors (Lipinski definition) is 4. The van der Waals surface area contributed by atoms with Crippen molar-refractivity contribution in [2.45, 2.75) is 38.9 Å². The fraction of sp³-hybridized carbons (Fsp3) is 0.556. The topological polar surface area (TPSA) is 37.2 Å². The van der Waals surface area contributed by atoms with Crippen LogP contribution in [0.3, 0.4) is 0 Å². The molecule has 3 heterocycles. The first-order chi connectivity index (χ1) is 11.0. The van der Waals surface area contributed by atoms with E-state index in [0.29, 0.717) is 6.04 Å². The molecule has 0 N–H and O–H groups in total. The van der Waals surface area contributed by atoms with Gasteiger partial charge < -0.3 is 9.47 Å². The lowest BCUT2D eigenvalue weighted by molar-refractivity contribution is 0.236. The van der Waals surface area contributed by atoms with Gasteiger partial charge in [0.25, 0.3) is 0 Å². The molecule has 3 rings (SSSR count). The Morgan fingerprint density at radius 2 is 2.17 bits per heavy atom. The van der Waals surface area contributed by atoms with E-state index in [-0.39, 0.29) is 0 Å². The van der Waals surface area contributed by atoms with Crippen LogP contribution in [0.5, 0.6) is 0 Å². The highest BCUT2D eigenvalue weighted by Crippen LogP contribution is 2.34. The van der Waals surface area contributed by atoms with Crippen molar-refractivity contribution in [1.29, 1.82) is 0 Å². The molecule has 1 saturated heterocycles. The van der Waals surface area contributed by atoms with Crippen LogP contribution in [0.15, 0.2) is 24.5 Å². The molecule has 5 nitrogen and oxygen atoms in total. The van der Waals surface area contributed by atoms with E-state index in [2.05, 4.69) is 58.8 Å². The lowest BCUT2D eigenvalue weighted by Crippen LogP contribution is -2.26. The quantitative estimate of drug-likeness (QED) is 0.850. The van der Waals surface area contributed by atoms with E-state index in [0.717, 1.165) is 25.5 Å². The van der Waals surface area contributed by atoms with Crippen molar-refractivity contribution in [1.82, 2.24) is 24.3 Å². The van der Waals surface area contributed by atoms with Crippen LogP contribution < -0.4 is 0 Å². The highest BCUT2D eigenvalue weighted by molar-refractivity contribution is 5.22. The molecule has 0 aromatic carbocycles. The molecular weight excluding hydrogens is 286 g/mol. The zero-order valence-corrected chi connectivity index (χ0v) is 14.7. The number of nitrogens with zero attached hydrogens (tertiary/aromatic N) is 5. The van der Waals surface area contributed by atoms with E-state index < -0.39 is 0 Å². The van der Waals surface area contributed by atoms with Gasteiger partial charge in [-0.2, -0.15) is 0 Å². The van der Waals surface area contributed by atoms with Crippen molar-refractivity contribution in [3.05, 3.63) is 47.3 Å². The van der Waals surface area contributed by atoms with Gasteiger partial charge in [-0.3, -0.25) is 4.90 Å². The third-order valence-electron chi connectivity index (χ3n) is 4.60. The first kappa shape index (κ1) is 16.1. The Bertz CT molecular complexity index is 661. The van der Waals surface area contributed by atoms with Gasteiger partial charge in [-0.25, -0.2) is 9.97 Å². The maximum atomic E-state index is 4.82. The maximum Gasteiger partial charge on any atom is 0.125 e. The SMILES string of the molecule is Cc1ncc(CN(C)C)c(C2CCCN2Cc2cccn2C)n1. The van der Waals surface area contributed by atoms with E-state index in [4.69, 9.17) is 4.98 Å². The van der Waals surface area contributed by atoms with E-state index >= 15 is 0 Å². The lowest BCUT2D eigenvalue weighted by Gasteiger charge is -2.26. The van der Waals surface area contributed by atoms with Crippen molar-refractivity contribution in [3.63, 3.8) is 0 Å². The highest BCUT2D eigenvalue weighted by atomic mass is 15.2. The minimum atomic E-state index is 0.404. The molecule has 0 radical (unpaired) electrons. The fourth-order valence-corrected chi connectivity index (χ4v) is 3.46. The summed E-state index contributed by atoms with van der Waals surface area (Å²) < 4.78 is 2.21. The number of likely N-dealkylation sites (tertiary alicyclic amines) is 1. The number of aromatic nitrogens is 3. The molecule has 2 aromatic rings. The molecule has 0 bridgehead atoms. The Morgan fingerprint density at radius 1 is 1.35 bits per heavy atom. The molecular formula is C18H27N5. The van der Waals surface area contributed by atoms with Crippen LogP contribution in [0.1, 0.15) is 41.7 Å². The highest BCUT2D eigenvalue weighted by Gasteiger charge is 2.29. The summed E-state index contributed by atoms with van der Waals surface area (Å²) in [7, 11) is 6.31. The molecule has 5 heteroatoms. The molecule has 0 saturated carbocycles. The molecule has 1 aliphatic heterocycles. The summed E-state index contributed by atoms with van der Waals surface area (Å²) in [5.74, 6) is 0.869. The molecule has 2 aromatic heterocycles. The third-order valence-corrected chi connectivity index (χ3v) is 4.60. The van der Waals surface area contributed by atoms with Gasteiger partial charge in [0.05, 0.1) is 11.7 Å². The second kappa shape index (κ2) is 6.81. The molecule has 124 valence electrons. The molecule has 0 aliphatic carbocycles. The summed E-state index contributed by atoms with van der Waals surface area (Å²) in [4.78, 5) is 14.0. The summed E-state index contributed by atoms with van der Waals surface area (Å²) in [5, 5.41) is 0. The number of rotatable bonds is 5. The van der Waals surface area contributed by atoms with Crippen LogP contribution in [0.25, 0.3) is 0 Å². The summed E-state index contributed by atoms with van der Waals surface area (Å²) in [6.45, 7) is 5.00. The van der Waals surface area contributed by atoms with Crippen LogP contribution in [0.4, 0.5) is 0 Å². The first-order valence-corrected chi connectivity index (χ1v) is 8.36. The van der Waals surface area contributed by atoms with E-state index in [1.165, 1.54) is 29.8 Å². The van der Waals surface area contributed by atoms with E-state index in [1.54, 1.807) is 0 Å². The summed E-state index contributed by atoms with van der Waals surface area (Å²) in [6.07, 6.45) is 6.55. The van der Waals surface area contributed by atoms with Crippen LogP contribution in [-0.4, -0.2) is 45.0 Å². The number of hydrogen-bond donors (Lipinski definition) is 0. The van der Waals surface area contributed by atoms with Gasteiger partial charge in [0.1, 0.15) is 5.82 Å². The average Bonchev–Trinajstić information content (AvgIpc) is 3.11. The van der Waals surface area contributed by atoms with Gasteiger partial charge in [0.2, 0.25) is 0 Å². The fourth-order valence-electron chi connectivity index (χ4n) is 3.46. The minimum Gasteiger partial charge on any atom is -0.353 e. The van der Waals surface area contributed by atoms with Crippen molar-refractivity contribution in [2.75, 3.05) is 20.6 Å². The predicted molar refractivity (Wildman–Crippen MR) is 92.0 cm³/mol. The van der Waals surface area contributed by atoms with Crippen molar-refractivity contribution in [3.8, 4) is 0 Å². The van der Waals surface area contributed by atoms with Gasteiger partial charge >= 0.3 is 0 Å². The van der Waals surface area contributed by atoms with Crippen molar-refractivity contribution < 1.29 is 0 Å². The Kier molecular flexibility index (Phi) is 4.78. The Hall–Kier alpha value is -1.72. The Labute approximate surface area is 139 Å². The smallest absolute Gasteiger partial charge is 0.125 e. The zero-order chi connectivity index (χ0) is 16.4.